The molecule has 2 aromatic carbocycles. The SMILES string of the molecule is CC[C@H](Oc1ccc(Cl)c(C)c1)C(=O)Nc1cccc(C(C)=O)c1. The van der Waals surface area contributed by atoms with E-state index in [1.165, 1.54) is 6.92 Å². The lowest BCUT2D eigenvalue weighted by Gasteiger charge is -2.18. The van der Waals surface area contributed by atoms with Gasteiger partial charge in [-0.25, -0.2) is 0 Å². The van der Waals surface area contributed by atoms with E-state index in [0.717, 1.165) is 5.56 Å². The molecule has 5 heteroatoms. The average Bonchev–Trinajstić information content (AvgIpc) is 2.55. The molecule has 2 rings (SSSR count). The third-order valence-corrected chi connectivity index (χ3v) is 4.03. The topological polar surface area (TPSA) is 55.4 Å². The summed E-state index contributed by atoms with van der Waals surface area (Å²) in [6.07, 6.45) is -0.119. The van der Waals surface area contributed by atoms with Crippen molar-refractivity contribution in [2.75, 3.05) is 5.32 Å². The molecule has 0 aliphatic carbocycles. The Morgan fingerprint density at radius 3 is 2.58 bits per heavy atom. The standard InChI is InChI=1S/C19H20ClNO3/c1-4-18(24-16-8-9-17(20)12(2)10-16)19(23)21-15-7-5-6-14(11-15)13(3)22/h5-11,18H,4H2,1-3H3,(H,21,23)/t18-/m0/s1. The van der Waals surface area contributed by atoms with Crippen molar-refractivity contribution in [1.82, 2.24) is 0 Å². The molecule has 0 saturated heterocycles. The summed E-state index contributed by atoms with van der Waals surface area (Å²) in [6.45, 7) is 5.24. The zero-order valence-corrected chi connectivity index (χ0v) is 14.7. The first-order chi connectivity index (χ1) is 11.4. The van der Waals surface area contributed by atoms with Crippen molar-refractivity contribution in [2.24, 2.45) is 0 Å². The fraction of sp³-hybridized carbons (Fsp3) is 0.263. The molecule has 0 saturated carbocycles. The second-order valence-electron chi connectivity index (χ2n) is 5.55. The monoisotopic (exact) mass is 345 g/mol. The van der Waals surface area contributed by atoms with Crippen LogP contribution in [-0.4, -0.2) is 17.8 Å². The molecular formula is C19H20ClNO3. The lowest BCUT2D eigenvalue weighted by atomic mass is 10.1. The highest BCUT2D eigenvalue weighted by Gasteiger charge is 2.19. The van der Waals surface area contributed by atoms with Gasteiger partial charge in [0.15, 0.2) is 11.9 Å². The highest BCUT2D eigenvalue weighted by atomic mass is 35.5. The van der Waals surface area contributed by atoms with Crippen LogP contribution in [0, 0.1) is 6.92 Å². The van der Waals surface area contributed by atoms with Crippen molar-refractivity contribution in [1.29, 1.82) is 0 Å². The molecule has 24 heavy (non-hydrogen) atoms. The molecular weight excluding hydrogens is 326 g/mol. The fourth-order valence-corrected chi connectivity index (χ4v) is 2.33. The Balaban J connectivity index is 2.09. The zero-order chi connectivity index (χ0) is 17.7. The normalized spacial score (nSPS) is 11.7. The first-order valence-electron chi connectivity index (χ1n) is 7.75. The van der Waals surface area contributed by atoms with E-state index in [2.05, 4.69) is 5.32 Å². The van der Waals surface area contributed by atoms with Crippen LogP contribution in [0.15, 0.2) is 42.5 Å². The van der Waals surface area contributed by atoms with E-state index in [-0.39, 0.29) is 11.7 Å². The number of aryl methyl sites for hydroxylation is 1. The molecule has 4 nitrogen and oxygen atoms in total. The zero-order valence-electron chi connectivity index (χ0n) is 13.9. The van der Waals surface area contributed by atoms with Gasteiger partial charge in [0.2, 0.25) is 0 Å². The Morgan fingerprint density at radius 2 is 1.96 bits per heavy atom. The lowest BCUT2D eigenvalue weighted by molar-refractivity contribution is -0.122. The fourth-order valence-electron chi connectivity index (χ4n) is 2.22. The predicted octanol–water partition coefficient (Wildman–Crippen LogP) is 4.65. The van der Waals surface area contributed by atoms with Gasteiger partial charge in [-0.3, -0.25) is 9.59 Å². The molecule has 2 aromatic rings. The number of benzene rings is 2. The van der Waals surface area contributed by atoms with Crippen molar-refractivity contribution in [3.05, 3.63) is 58.6 Å². The molecule has 0 aliphatic rings. The molecule has 0 aliphatic heterocycles. The maximum absolute atomic E-state index is 12.4. The maximum atomic E-state index is 12.4. The van der Waals surface area contributed by atoms with Crippen LogP contribution < -0.4 is 10.1 Å². The Bertz CT molecular complexity index is 758. The maximum Gasteiger partial charge on any atom is 0.265 e. The van der Waals surface area contributed by atoms with Crippen molar-refractivity contribution in [2.45, 2.75) is 33.3 Å². The number of nitrogens with one attached hydrogen (secondary N) is 1. The van der Waals surface area contributed by atoms with E-state index in [1.54, 1.807) is 42.5 Å². The van der Waals surface area contributed by atoms with Gasteiger partial charge in [0, 0.05) is 16.3 Å². The van der Waals surface area contributed by atoms with Gasteiger partial charge in [-0.15, -0.1) is 0 Å². The molecule has 0 heterocycles. The summed E-state index contributed by atoms with van der Waals surface area (Å²) in [5, 5.41) is 3.45. The largest absolute Gasteiger partial charge is 0.481 e. The van der Waals surface area contributed by atoms with E-state index in [4.69, 9.17) is 16.3 Å². The number of rotatable bonds is 6. The third-order valence-electron chi connectivity index (χ3n) is 3.61. The number of ether oxygens (including phenoxy) is 1. The number of carbonyl (C=O) groups excluding carboxylic acids is 2. The first kappa shape index (κ1) is 18.0. The van der Waals surface area contributed by atoms with Gasteiger partial charge < -0.3 is 10.1 Å². The summed E-state index contributed by atoms with van der Waals surface area (Å²) in [5.74, 6) is 0.285. The van der Waals surface area contributed by atoms with Crippen molar-refractivity contribution < 1.29 is 14.3 Å². The Morgan fingerprint density at radius 1 is 1.21 bits per heavy atom. The highest BCUT2D eigenvalue weighted by Crippen LogP contribution is 2.23. The van der Waals surface area contributed by atoms with Crippen LogP contribution in [0.1, 0.15) is 36.2 Å². The summed E-state index contributed by atoms with van der Waals surface area (Å²) in [4.78, 5) is 23.9. The minimum atomic E-state index is -0.633. The number of ketones is 1. The molecule has 126 valence electrons. The second-order valence-corrected chi connectivity index (χ2v) is 5.96. The quantitative estimate of drug-likeness (QED) is 0.775. The van der Waals surface area contributed by atoms with E-state index in [0.29, 0.717) is 28.4 Å². The number of hydrogen-bond acceptors (Lipinski definition) is 3. The van der Waals surface area contributed by atoms with Gasteiger partial charge in [0.1, 0.15) is 5.75 Å². The van der Waals surface area contributed by atoms with E-state index >= 15 is 0 Å². The minimum absolute atomic E-state index is 0.0500. The Labute approximate surface area is 146 Å². The van der Waals surface area contributed by atoms with E-state index in [9.17, 15) is 9.59 Å². The van der Waals surface area contributed by atoms with Crippen molar-refractivity contribution in [3.63, 3.8) is 0 Å². The van der Waals surface area contributed by atoms with Crippen LogP contribution in [0.2, 0.25) is 5.02 Å². The number of carbonyl (C=O) groups is 2. The molecule has 0 fully saturated rings. The highest BCUT2D eigenvalue weighted by molar-refractivity contribution is 6.31. The van der Waals surface area contributed by atoms with Gasteiger partial charge in [0.25, 0.3) is 5.91 Å². The molecule has 1 amide bonds. The molecule has 0 spiro atoms. The lowest BCUT2D eigenvalue weighted by Crippen LogP contribution is -2.32. The first-order valence-corrected chi connectivity index (χ1v) is 8.13. The van der Waals surface area contributed by atoms with Crippen LogP contribution in [0.5, 0.6) is 5.75 Å². The van der Waals surface area contributed by atoms with Crippen LogP contribution in [-0.2, 0) is 4.79 Å². The predicted molar refractivity (Wildman–Crippen MR) is 96.0 cm³/mol. The summed E-state index contributed by atoms with van der Waals surface area (Å²) in [7, 11) is 0. The number of Topliss-reactive ketones (excluding diaryl/α,β-unsaturated/α-hetero) is 1. The van der Waals surface area contributed by atoms with Crippen LogP contribution in [0.4, 0.5) is 5.69 Å². The number of amides is 1. The molecule has 0 aromatic heterocycles. The van der Waals surface area contributed by atoms with E-state index in [1.807, 2.05) is 13.8 Å². The smallest absolute Gasteiger partial charge is 0.265 e. The number of hydrogen-bond donors (Lipinski definition) is 1. The minimum Gasteiger partial charge on any atom is -0.481 e. The summed E-state index contributed by atoms with van der Waals surface area (Å²) in [5.41, 5.74) is 2.01. The van der Waals surface area contributed by atoms with Gasteiger partial charge in [-0.05, 0) is 56.2 Å². The van der Waals surface area contributed by atoms with Crippen molar-refractivity contribution >= 4 is 29.0 Å². The van der Waals surface area contributed by atoms with Gasteiger partial charge >= 0.3 is 0 Å². The Hall–Kier alpha value is -2.33. The summed E-state index contributed by atoms with van der Waals surface area (Å²) in [6, 6.07) is 12.1. The Kier molecular flexibility index (Phi) is 5.99. The van der Waals surface area contributed by atoms with Gasteiger partial charge in [-0.1, -0.05) is 30.7 Å². The van der Waals surface area contributed by atoms with Crippen molar-refractivity contribution in [3.8, 4) is 5.75 Å². The number of halogens is 1. The van der Waals surface area contributed by atoms with Gasteiger partial charge in [0.05, 0.1) is 0 Å². The van der Waals surface area contributed by atoms with E-state index < -0.39 is 6.10 Å². The summed E-state index contributed by atoms with van der Waals surface area (Å²) < 4.78 is 5.77. The second kappa shape index (κ2) is 7.97. The molecule has 0 bridgehead atoms. The molecule has 0 radical (unpaired) electrons. The third kappa shape index (κ3) is 4.59. The van der Waals surface area contributed by atoms with Crippen LogP contribution in [0.3, 0.4) is 0 Å². The summed E-state index contributed by atoms with van der Waals surface area (Å²) >= 11 is 6.00. The molecule has 0 unspecified atom stereocenters. The van der Waals surface area contributed by atoms with Crippen LogP contribution >= 0.6 is 11.6 Å². The molecule has 1 N–H and O–H groups in total. The van der Waals surface area contributed by atoms with Crippen LogP contribution in [0.25, 0.3) is 0 Å². The van der Waals surface area contributed by atoms with Gasteiger partial charge in [-0.2, -0.15) is 0 Å². The average molecular weight is 346 g/mol. The number of anilines is 1. The molecule has 1 atom stereocenters.